The minimum Gasteiger partial charge on any atom is -0.394 e. The van der Waals surface area contributed by atoms with Gasteiger partial charge in [-0.25, -0.2) is 0 Å². The van der Waals surface area contributed by atoms with Gasteiger partial charge in [-0.1, -0.05) is 22.9 Å². The van der Waals surface area contributed by atoms with Crippen LogP contribution >= 0.6 is 15.9 Å². The second-order valence-electron chi connectivity index (χ2n) is 4.52. The van der Waals surface area contributed by atoms with E-state index in [1.54, 1.807) is 6.07 Å². The lowest BCUT2D eigenvalue weighted by Gasteiger charge is -2.27. The monoisotopic (exact) mass is 294 g/mol. The van der Waals surface area contributed by atoms with Crippen molar-refractivity contribution in [3.05, 3.63) is 28.2 Å². The molecule has 0 radical (unpaired) electrons. The Morgan fingerprint density at radius 2 is 2.29 bits per heavy atom. The van der Waals surface area contributed by atoms with E-state index < -0.39 is 0 Å². The highest BCUT2D eigenvalue weighted by Gasteiger charge is 2.30. The maximum Gasteiger partial charge on any atom is 0.0992 e. The van der Waals surface area contributed by atoms with Crippen LogP contribution in [0.1, 0.15) is 18.9 Å². The summed E-state index contributed by atoms with van der Waals surface area (Å²) in [5.74, 6) is 0.490. The summed E-state index contributed by atoms with van der Waals surface area (Å²) >= 11 is 3.42. The summed E-state index contributed by atoms with van der Waals surface area (Å²) in [5.41, 5.74) is 1.66. The molecule has 1 heterocycles. The molecule has 0 saturated carbocycles. The number of aliphatic hydroxyl groups is 1. The lowest BCUT2D eigenvalue weighted by atomic mass is 10.0. The number of hydrogen-bond acceptors (Lipinski definition) is 3. The van der Waals surface area contributed by atoms with Gasteiger partial charge in [-0.3, -0.25) is 0 Å². The van der Waals surface area contributed by atoms with E-state index in [4.69, 9.17) is 5.26 Å². The zero-order chi connectivity index (χ0) is 12.4. The van der Waals surface area contributed by atoms with Crippen LogP contribution in [-0.2, 0) is 0 Å². The Morgan fingerprint density at radius 1 is 1.53 bits per heavy atom. The van der Waals surface area contributed by atoms with E-state index in [0.717, 1.165) is 23.1 Å². The Balaban J connectivity index is 2.34. The molecule has 2 rings (SSSR count). The largest absolute Gasteiger partial charge is 0.394 e. The normalized spacial score (nSPS) is 23.8. The quantitative estimate of drug-likeness (QED) is 0.912. The molecule has 1 aromatic rings. The van der Waals surface area contributed by atoms with Gasteiger partial charge in [-0.05, 0) is 30.5 Å². The molecule has 0 spiro atoms. The van der Waals surface area contributed by atoms with Gasteiger partial charge in [0.15, 0.2) is 0 Å². The molecule has 2 unspecified atom stereocenters. The van der Waals surface area contributed by atoms with Crippen LogP contribution in [-0.4, -0.2) is 24.3 Å². The molecule has 1 aromatic carbocycles. The first-order valence-electron chi connectivity index (χ1n) is 5.74. The van der Waals surface area contributed by atoms with Gasteiger partial charge in [0.05, 0.1) is 24.3 Å². The van der Waals surface area contributed by atoms with Crippen LogP contribution in [0.2, 0.25) is 0 Å². The van der Waals surface area contributed by atoms with Crippen LogP contribution in [0.15, 0.2) is 22.7 Å². The molecular weight excluding hydrogens is 280 g/mol. The smallest absolute Gasteiger partial charge is 0.0992 e. The average molecular weight is 295 g/mol. The number of hydrogen-bond donors (Lipinski definition) is 1. The Morgan fingerprint density at radius 3 is 2.94 bits per heavy atom. The maximum absolute atomic E-state index is 9.45. The Labute approximate surface area is 110 Å². The summed E-state index contributed by atoms with van der Waals surface area (Å²) in [6, 6.07) is 8.00. The maximum atomic E-state index is 9.45. The minimum absolute atomic E-state index is 0.162. The first-order valence-corrected chi connectivity index (χ1v) is 6.53. The van der Waals surface area contributed by atoms with Crippen LogP contribution in [0.3, 0.4) is 0 Å². The van der Waals surface area contributed by atoms with Crippen LogP contribution in [0.4, 0.5) is 5.69 Å². The lowest BCUT2D eigenvalue weighted by molar-refractivity contribution is 0.245. The van der Waals surface area contributed by atoms with Crippen LogP contribution in [0.25, 0.3) is 0 Å². The van der Waals surface area contributed by atoms with E-state index in [0.29, 0.717) is 11.5 Å². The molecule has 0 aromatic heterocycles. The topological polar surface area (TPSA) is 47.3 Å². The number of benzene rings is 1. The highest BCUT2D eigenvalue weighted by molar-refractivity contribution is 9.10. The van der Waals surface area contributed by atoms with Crippen molar-refractivity contribution in [2.45, 2.75) is 19.4 Å². The molecule has 2 atom stereocenters. The first-order chi connectivity index (χ1) is 8.15. The van der Waals surface area contributed by atoms with Crippen molar-refractivity contribution < 1.29 is 5.11 Å². The third-order valence-electron chi connectivity index (χ3n) is 3.41. The van der Waals surface area contributed by atoms with E-state index in [9.17, 15) is 5.11 Å². The number of anilines is 1. The van der Waals surface area contributed by atoms with E-state index in [1.807, 2.05) is 12.1 Å². The second-order valence-corrected chi connectivity index (χ2v) is 5.43. The minimum atomic E-state index is 0.162. The molecule has 1 aliphatic rings. The number of nitrogens with zero attached hydrogens (tertiary/aromatic N) is 2. The third-order valence-corrected chi connectivity index (χ3v) is 3.87. The van der Waals surface area contributed by atoms with Gasteiger partial charge in [-0.2, -0.15) is 5.26 Å². The van der Waals surface area contributed by atoms with Gasteiger partial charge < -0.3 is 10.0 Å². The summed E-state index contributed by atoms with van der Waals surface area (Å²) in [6.07, 6.45) is 1.08. The third kappa shape index (κ3) is 2.46. The molecule has 0 aliphatic carbocycles. The second kappa shape index (κ2) is 5.07. The zero-order valence-electron chi connectivity index (χ0n) is 9.73. The van der Waals surface area contributed by atoms with Crippen molar-refractivity contribution in [1.29, 1.82) is 5.26 Å². The summed E-state index contributed by atoms with van der Waals surface area (Å²) in [4.78, 5) is 2.19. The number of halogens is 1. The van der Waals surface area contributed by atoms with Gasteiger partial charge in [0.1, 0.15) is 0 Å². The fraction of sp³-hybridized carbons (Fsp3) is 0.462. The molecule has 1 fully saturated rings. The van der Waals surface area contributed by atoms with Crippen molar-refractivity contribution in [3.63, 3.8) is 0 Å². The Kier molecular flexibility index (Phi) is 3.70. The molecule has 1 saturated heterocycles. The number of rotatable bonds is 2. The number of nitriles is 1. The fourth-order valence-electron chi connectivity index (χ4n) is 2.41. The van der Waals surface area contributed by atoms with Crippen molar-refractivity contribution in [1.82, 2.24) is 0 Å². The van der Waals surface area contributed by atoms with Crippen molar-refractivity contribution in [2.24, 2.45) is 5.92 Å². The molecule has 1 N–H and O–H groups in total. The van der Waals surface area contributed by atoms with E-state index >= 15 is 0 Å². The SMILES string of the molecule is CC1CCN(c2cc(Br)cc(C#N)c2)C1CO. The molecule has 17 heavy (non-hydrogen) atoms. The van der Waals surface area contributed by atoms with E-state index in [2.05, 4.69) is 33.8 Å². The highest BCUT2D eigenvalue weighted by atomic mass is 79.9. The zero-order valence-corrected chi connectivity index (χ0v) is 11.3. The molecule has 0 bridgehead atoms. The van der Waals surface area contributed by atoms with Crippen LogP contribution in [0.5, 0.6) is 0 Å². The number of aliphatic hydroxyl groups excluding tert-OH is 1. The molecular formula is C13H15BrN2O. The highest BCUT2D eigenvalue weighted by Crippen LogP contribution is 2.31. The molecule has 4 heteroatoms. The molecule has 3 nitrogen and oxygen atoms in total. The van der Waals surface area contributed by atoms with Crippen molar-refractivity contribution in [2.75, 3.05) is 18.1 Å². The van der Waals surface area contributed by atoms with Crippen molar-refractivity contribution >= 4 is 21.6 Å². The van der Waals surface area contributed by atoms with Crippen LogP contribution < -0.4 is 4.90 Å². The lowest BCUT2D eigenvalue weighted by Crippen LogP contribution is -2.35. The summed E-state index contributed by atoms with van der Waals surface area (Å²) in [5, 5.41) is 18.4. The predicted molar refractivity (Wildman–Crippen MR) is 70.9 cm³/mol. The van der Waals surface area contributed by atoms with Gasteiger partial charge in [-0.15, -0.1) is 0 Å². The Bertz CT molecular complexity index is 455. The van der Waals surface area contributed by atoms with Gasteiger partial charge in [0.25, 0.3) is 0 Å². The van der Waals surface area contributed by atoms with E-state index in [-0.39, 0.29) is 12.6 Å². The van der Waals surface area contributed by atoms with Crippen molar-refractivity contribution in [3.8, 4) is 6.07 Å². The van der Waals surface area contributed by atoms with Gasteiger partial charge in [0, 0.05) is 16.7 Å². The van der Waals surface area contributed by atoms with Crippen LogP contribution in [0, 0.1) is 17.2 Å². The predicted octanol–water partition coefficient (Wildman–Crippen LogP) is 2.53. The molecule has 0 amide bonds. The summed E-state index contributed by atoms with van der Waals surface area (Å²) in [7, 11) is 0. The van der Waals surface area contributed by atoms with E-state index in [1.165, 1.54) is 0 Å². The Hall–Kier alpha value is -1.05. The summed E-state index contributed by atoms with van der Waals surface area (Å²) < 4.78 is 0.905. The molecule has 1 aliphatic heterocycles. The average Bonchev–Trinajstić information content (AvgIpc) is 2.69. The van der Waals surface area contributed by atoms with Gasteiger partial charge >= 0.3 is 0 Å². The molecule has 90 valence electrons. The standard InChI is InChI=1S/C13H15BrN2O/c1-9-2-3-16(13(9)8-17)12-5-10(7-15)4-11(14)6-12/h4-6,9,13,17H,2-3,8H2,1H3. The van der Waals surface area contributed by atoms with Gasteiger partial charge in [0.2, 0.25) is 0 Å². The first kappa shape index (κ1) is 12.4. The fourth-order valence-corrected chi connectivity index (χ4v) is 2.89. The summed E-state index contributed by atoms with van der Waals surface area (Å²) in [6.45, 7) is 3.26.